The summed E-state index contributed by atoms with van der Waals surface area (Å²) >= 11 is 0. The van der Waals surface area contributed by atoms with Gasteiger partial charge >= 0.3 is 31.7 Å². The Morgan fingerprint density at radius 3 is 1.05 bits per heavy atom. The van der Waals surface area contributed by atoms with Gasteiger partial charge in [-0.05, 0) is 51.4 Å². The molecule has 0 aliphatic carbocycles. The summed E-state index contributed by atoms with van der Waals surface area (Å²) in [4.78, 5) is 107. The fraction of sp³-hybridized carbons (Fsp3) is 0.938. The van der Waals surface area contributed by atoms with Crippen LogP contribution in [-0.4, -0.2) is 170 Å². The first kappa shape index (κ1) is 115. The average Bonchev–Trinajstić information content (AvgIpc) is 0.825. The summed E-state index contributed by atoms with van der Waals surface area (Å²) in [5.74, 6) is -4.45. The number of aliphatic hydroxyl groups excluding tert-OH is 5. The molecule has 2 aliphatic heterocycles. The maximum Gasteiger partial charge on any atom is 0.470 e. The molecular formula is C97H183N2O22P. The second-order valence-electron chi connectivity index (χ2n) is 36.1. The van der Waals surface area contributed by atoms with Gasteiger partial charge in [0.1, 0.15) is 36.5 Å². The van der Waals surface area contributed by atoms with Gasteiger partial charge in [0.25, 0.3) is 0 Å². The highest BCUT2D eigenvalue weighted by atomic mass is 31.2. The summed E-state index contributed by atoms with van der Waals surface area (Å²) in [6, 6.07) is -3.44. The van der Waals surface area contributed by atoms with Crippen molar-refractivity contribution in [3.05, 3.63) is 0 Å². The molecule has 0 bridgehead atoms. The Hall–Kier alpha value is -3.39. The number of aliphatic hydroxyl groups is 5. The van der Waals surface area contributed by atoms with E-state index in [1.165, 1.54) is 154 Å². The Morgan fingerprint density at radius 1 is 0.369 bits per heavy atom. The van der Waals surface area contributed by atoms with E-state index in [1.807, 2.05) is 0 Å². The number of carbonyl (C=O) groups is 6. The van der Waals surface area contributed by atoms with Crippen molar-refractivity contribution in [3.8, 4) is 0 Å². The van der Waals surface area contributed by atoms with Crippen LogP contribution in [0.5, 0.6) is 0 Å². The van der Waals surface area contributed by atoms with Gasteiger partial charge < -0.3 is 79.1 Å². The predicted molar refractivity (Wildman–Crippen MR) is 484 cm³/mol. The number of amides is 2. The SMILES string of the molecule is CCCCCCCCCCCCCC(=O)OC(CCCCCCCCCCC)CC(=O)NC1C(OCC2CC(O)C(OC(=O)CC(O)CCCCCCCCCCC)C(NC(=O)CC(O)CCCCCCCCCCC)C(O)O2)OC(CO)C(OP(=O)(O)O)C1OC(=O)CC(CCCCCCCCCCC)OC(=O)CCCCCCCCCCCCC. The number of hydrogen-bond acceptors (Lipinski definition) is 20. The molecule has 0 aromatic rings. The summed E-state index contributed by atoms with van der Waals surface area (Å²) in [5.41, 5.74) is 0. The molecule has 0 radical (unpaired) electrons. The van der Waals surface area contributed by atoms with Crippen LogP contribution in [0.3, 0.4) is 0 Å². The fourth-order valence-electron chi connectivity index (χ4n) is 16.9. The van der Waals surface area contributed by atoms with Crippen LogP contribution in [0.15, 0.2) is 0 Å². The summed E-state index contributed by atoms with van der Waals surface area (Å²) in [6.45, 7) is 11.4. The van der Waals surface area contributed by atoms with Crippen LogP contribution < -0.4 is 10.6 Å². The van der Waals surface area contributed by atoms with Gasteiger partial charge in [-0.1, -0.05) is 388 Å². The van der Waals surface area contributed by atoms with E-state index in [0.29, 0.717) is 57.8 Å². The van der Waals surface area contributed by atoms with Crippen molar-refractivity contribution in [2.45, 2.75) is 570 Å². The number of esters is 4. The van der Waals surface area contributed by atoms with Crippen LogP contribution in [0, 0.1) is 0 Å². The number of carbonyl (C=O) groups excluding carboxylic acids is 6. The Bertz CT molecular complexity index is 2510. The minimum absolute atomic E-state index is 0.117. The minimum atomic E-state index is -5.61. The van der Waals surface area contributed by atoms with E-state index in [0.717, 1.165) is 180 Å². The van der Waals surface area contributed by atoms with Crippen LogP contribution in [0.4, 0.5) is 0 Å². The number of unbranched alkanes of at least 4 members (excludes halogenated alkanes) is 52. The molecule has 9 N–H and O–H groups in total. The maximum atomic E-state index is 15.1. The largest absolute Gasteiger partial charge is 0.470 e. The Kier molecular flexibility index (Phi) is 72.9. The molecule has 24 nitrogen and oxygen atoms in total. The molecule has 0 spiro atoms. The lowest BCUT2D eigenvalue weighted by Gasteiger charge is -2.45. The predicted octanol–water partition coefficient (Wildman–Crippen LogP) is 21.7. The van der Waals surface area contributed by atoms with Crippen LogP contribution in [0.2, 0.25) is 0 Å². The van der Waals surface area contributed by atoms with E-state index in [2.05, 4.69) is 52.2 Å². The van der Waals surface area contributed by atoms with E-state index in [-0.39, 0.29) is 19.3 Å². The van der Waals surface area contributed by atoms with E-state index in [4.69, 9.17) is 37.7 Å². The van der Waals surface area contributed by atoms with E-state index >= 15 is 4.79 Å². The molecule has 0 aromatic carbocycles. The van der Waals surface area contributed by atoms with E-state index in [9.17, 15) is 63.9 Å². The van der Waals surface area contributed by atoms with Crippen molar-refractivity contribution in [3.63, 3.8) is 0 Å². The smallest absolute Gasteiger partial charge is 0.462 e. The first-order chi connectivity index (χ1) is 59.1. The summed E-state index contributed by atoms with van der Waals surface area (Å²) < 4.78 is 62.2. The molecule has 0 aromatic heterocycles. The molecule has 2 amide bonds. The first-order valence-electron chi connectivity index (χ1n) is 50.5. The zero-order chi connectivity index (χ0) is 89.3. The lowest BCUT2D eigenvalue weighted by molar-refractivity contribution is -0.280. The molecule has 14 atom stereocenters. The van der Waals surface area contributed by atoms with Crippen molar-refractivity contribution in [1.82, 2.24) is 10.6 Å². The molecule has 0 saturated carbocycles. The number of phosphoric ester groups is 1. The molecule has 718 valence electrons. The van der Waals surface area contributed by atoms with Crippen LogP contribution in [0.1, 0.15) is 485 Å². The second-order valence-corrected chi connectivity index (χ2v) is 37.2. The van der Waals surface area contributed by atoms with Gasteiger partial charge in [0.05, 0.1) is 63.3 Å². The molecule has 2 aliphatic rings. The molecule has 2 heterocycles. The highest BCUT2D eigenvalue weighted by Gasteiger charge is 2.53. The van der Waals surface area contributed by atoms with Gasteiger partial charge in [0, 0.05) is 19.3 Å². The summed E-state index contributed by atoms with van der Waals surface area (Å²) in [5, 5.41) is 63.4. The van der Waals surface area contributed by atoms with Gasteiger partial charge in [-0.2, -0.15) is 0 Å². The standard InChI is InChI=1S/C97H183N2O22P/c1-7-13-19-25-31-37-39-45-51-57-63-69-87(106)115-80(67-61-55-49-43-35-29-23-17-11-5)74-86(105)99-92-95(120-90(109)75-81(68-62-56-50-44-36-30-24-18-12-6)116-88(107)70-64-58-52-46-40-38-32-26-20-14-8-2)94(121-122(111,112)113)84(76-100)118-97(92)114-77-82-73-83(103)93(119-89(108)72-79(102)66-60-54-48-42-34-28-22-16-10-4)91(96(110)117-82)98-85(104)71-78(101)65-59-53-47-41-33-27-21-15-9-3/h78-84,91-97,100-103,110H,7-77H2,1-6H3,(H,98,104)(H,99,105)(H2,111,112,113). The molecule has 2 fully saturated rings. The van der Waals surface area contributed by atoms with Crippen LogP contribution in [-0.2, 0) is 71.0 Å². The van der Waals surface area contributed by atoms with Crippen molar-refractivity contribution < 1.29 is 106 Å². The Morgan fingerprint density at radius 2 is 0.680 bits per heavy atom. The van der Waals surface area contributed by atoms with Gasteiger partial charge in [0.2, 0.25) is 11.8 Å². The van der Waals surface area contributed by atoms with Gasteiger partial charge in [-0.25, -0.2) is 4.57 Å². The average molecular weight is 1760 g/mol. The minimum Gasteiger partial charge on any atom is -0.462 e. The monoisotopic (exact) mass is 1760 g/mol. The Labute approximate surface area is 740 Å². The zero-order valence-corrected chi connectivity index (χ0v) is 78.9. The van der Waals surface area contributed by atoms with E-state index < -0.39 is 175 Å². The van der Waals surface area contributed by atoms with Gasteiger partial charge in [-0.15, -0.1) is 0 Å². The van der Waals surface area contributed by atoms with Crippen molar-refractivity contribution in [2.75, 3.05) is 13.2 Å². The third-order valence-electron chi connectivity index (χ3n) is 24.3. The number of nitrogens with one attached hydrogen (secondary N) is 2. The van der Waals surface area contributed by atoms with Crippen LogP contribution >= 0.6 is 7.82 Å². The normalized spacial score (nSPS) is 20.4. The van der Waals surface area contributed by atoms with Crippen molar-refractivity contribution in [1.29, 1.82) is 0 Å². The quantitative estimate of drug-likeness (QED) is 0.0118. The first-order valence-corrected chi connectivity index (χ1v) is 52.0. The highest BCUT2D eigenvalue weighted by Crippen LogP contribution is 2.43. The topological polar surface area (TPSA) is 359 Å². The molecular weight excluding hydrogens is 1580 g/mol. The molecule has 122 heavy (non-hydrogen) atoms. The number of ether oxygens (including phenoxy) is 7. The lowest BCUT2D eigenvalue weighted by Crippen LogP contribution is -2.66. The summed E-state index contributed by atoms with van der Waals surface area (Å²) in [7, 11) is -5.61. The molecule has 2 rings (SSSR count). The lowest BCUT2D eigenvalue weighted by atomic mass is 9.95. The second kappa shape index (κ2) is 77.5. The van der Waals surface area contributed by atoms with Crippen molar-refractivity contribution >= 4 is 43.5 Å². The zero-order valence-electron chi connectivity index (χ0n) is 78.0. The van der Waals surface area contributed by atoms with Gasteiger partial charge in [0.15, 0.2) is 24.8 Å². The van der Waals surface area contributed by atoms with Gasteiger partial charge in [-0.3, -0.25) is 33.3 Å². The third-order valence-corrected chi connectivity index (χ3v) is 24.9. The molecule has 2 saturated heterocycles. The Balaban J connectivity index is 2.73. The fourth-order valence-corrected chi connectivity index (χ4v) is 17.5. The van der Waals surface area contributed by atoms with E-state index in [1.54, 1.807) is 0 Å². The maximum absolute atomic E-state index is 15.1. The highest BCUT2D eigenvalue weighted by molar-refractivity contribution is 7.46. The third kappa shape index (κ3) is 62.0. The number of rotatable bonds is 84. The van der Waals surface area contributed by atoms with Crippen molar-refractivity contribution in [2.24, 2.45) is 0 Å². The molecule has 25 heteroatoms. The molecule has 14 unspecified atom stereocenters. The number of hydrogen-bond donors (Lipinski definition) is 9. The summed E-state index contributed by atoms with van der Waals surface area (Å²) in [6.07, 6.45) is 41.4. The van der Waals surface area contributed by atoms with Crippen LogP contribution in [0.25, 0.3) is 0 Å². The number of phosphoric acid groups is 1.